The molecule has 0 amide bonds. The fourth-order valence-electron chi connectivity index (χ4n) is 4.37. The molecule has 1 aromatic rings. The molecule has 2 aliphatic carbocycles. The van der Waals surface area contributed by atoms with E-state index in [-0.39, 0.29) is 29.7 Å². The molecular weight excluding hydrogens is 391 g/mol. The number of aromatic nitrogens is 1. The van der Waals surface area contributed by atoms with Crippen LogP contribution in [-0.2, 0) is 31.8 Å². The van der Waals surface area contributed by atoms with Crippen molar-refractivity contribution in [3.63, 3.8) is 0 Å². The Morgan fingerprint density at radius 1 is 1.14 bits per heavy atom. The van der Waals surface area contributed by atoms with Gasteiger partial charge in [-0.1, -0.05) is 0 Å². The van der Waals surface area contributed by atoms with E-state index in [9.17, 15) is 27.6 Å². The molecule has 1 saturated heterocycles. The molecule has 3 fully saturated rings. The zero-order valence-electron chi connectivity index (χ0n) is 15.5. The van der Waals surface area contributed by atoms with E-state index in [0.29, 0.717) is 38.4 Å². The second-order valence-corrected chi connectivity index (χ2v) is 7.75. The summed E-state index contributed by atoms with van der Waals surface area (Å²) in [6.45, 7) is 0.109. The van der Waals surface area contributed by atoms with Crippen molar-refractivity contribution in [2.24, 2.45) is 17.8 Å². The van der Waals surface area contributed by atoms with Crippen LogP contribution in [0, 0.1) is 17.8 Å². The van der Waals surface area contributed by atoms with Crippen LogP contribution in [0.15, 0.2) is 12.1 Å². The van der Waals surface area contributed by atoms with Gasteiger partial charge in [-0.05, 0) is 37.8 Å². The first kappa shape index (κ1) is 20.2. The van der Waals surface area contributed by atoms with Crippen molar-refractivity contribution < 1.29 is 37.0 Å². The van der Waals surface area contributed by atoms with Gasteiger partial charge in [-0.15, -0.1) is 0 Å². The highest BCUT2D eigenvalue weighted by Gasteiger charge is 2.50. The van der Waals surface area contributed by atoms with Crippen molar-refractivity contribution in [3.8, 4) is 0 Å². The molecule has 2 saturated carbocycles. The number of carbonyl (C=O) groups excluding carboxylic acids is 3. The lowest BCUT2D eigenvalue weighted by Crippen LogP contribution is -2.42. The Morgan fingerprint density at radius 3 is 2.41 bits per heavy atom. The van der Waals surface area contributed by atoms with E-state index in [1.165, 1.54) is 0 Å². The largest absolute Gasteiger partial charge is 0.433 e. The number of pyridine rings is 1. The average molecular weight is 411 g/mol. The Kier molecular flexibility index (Phi) is 5.29. The third kappa shape index (κ3) is 3.85. The molecule has 0 radical (unpaired) electrons. The number of Topliss-reactive ketones (excluding diaryl/α,β-unsaturated/α-hetero) is 3. The average Bonchev–Trinajstić information content (AvgIpc) is 3.35. The highest BCUT2D eigenvalue weighted by atomic mass is 19.4. The third-order valence-electron chi connectivity index (χ3n) is 5.89. The number of nitrogens with zero attached hydrogens (tertiary/aromatic N) is 1. The van der Waals surface area contributed by atoms with Crippen LogP contribution in [0.3, 0.4) is 0 Å². The van der Waals surface area contributed by atoms with Crippen LogP contribution in [-0.4, -0.2) is 35.2 Å². The third-order valence-corrected chi connectivity index (χ3v) is 5.89. The van der Waals surface area contributed by atoms with Gasteiger partial charge in [0.05, 0.1) is 12.3 Å². The highest BCUT2D eigenvalue weighted by molar-refractivity contribution is 6.26. The van der Waals surface area contributed by atoms with Gasteiger partial charge < -0.3 is 9.47 Å². The summed E-state index contributed by atoms with van der Waals surface area (Å²) in [5.74, 6) is -3.77. The van der Waals surface area contributed by atoms with Crippen molar-refractivity contribution in [1.82, 2.24) is 4.98 Å². The predicted molar refractivity (Wildman–Crippen MR) is 91.7 cm³/mol. The molecule has 0 N–H and O–H groups in total. The fourth-order valence-corrected chi connectivity index (χ4v) is 4.37. The smallest absolute Gasteiger partial charge is 0.353 e. The summed E-state index contributed by atoms with van der Waals surface area (Å²) in [6, 6.07) is 1.68. The molecule has 2 bridgehead atoms. The minimum absolute atomic E-state index is 0.177. The van der Waals surface area contributed by atoms with Gasteiger partial charge in [-0.25, -0.2) is 4.98 Å². The molecular formula is C20H20F3NO5. The van der Waals surface area contributed by atoms with Gasteiger partial charge in [-0.2, -0.15) is 13.2 Å². The van der Waals surface area contributed by atoms with E-state index in [1.54, 1.807) is 0 Å². The molecule has 1 aliphatic heterocycles. The summed E-state index contributed by atoms with van der Waals surface area (Å²) in [5.41, 5.74) is -1.58. The van der Waals surface area contributed by atoms with Crippen LogP contribution in [0.5, 0.6) is 0 Å². The van der Waals surface area contributed by atoms with Crippen molar-refractivity contribution in [2.75, 3.05) is 6.61 Å². The van der Waals surface area contributed by atoms with Crippen LogP contribution < -0.4 is 0 Å². The minimum atomic E-state index is -4.70. The van der Waals surface area contributed by atoms with Gasteiger partial charge >= 0.3 is 6.18 Å². The highest BCUT2D eigenvalue weighted by Crippen LogP contribution is 2.41. The molecule has 3 atom stereocenters. The molecule has 4 rings (SSSR count). The fraction of sp³-hybridized carbons (Fsp3) is 0.600. The second-order valence-electron chi connectivity index (χ2n) is 7.75. The molecule has 9 heteroatoms. The Balaban J connectivity index is 1.64. The molecule has 3 unspecified atom stereocenters. The minimum Gasteiger partial charge on any atom is -0.353 e. The number of hydrogen-bond acceptors (Lipinski definition) is 6. The summed E-state index contributed by atoms with van der Waals surface area (Å²) in [4.78, 5) is 41.9. The van der Waals surface area contributed by atoms with E-state index in [4.69, 9.17) is 9.47 Å². The molecule has 0 aromatic carbocycles. The summed E-state index contributed by atoms with van der Waals surface area (Å²) >= 11 is 0. The van der Waals surface area contributed by atoms with Crippen molar-refractivity contribution in [2.45, 2.75) is 51.2 Å². The number of rotatable bonds is 5. The normalized spacial score (nSPS) is 29.5. The van der Waals surface area contributed by atoms with Crippen LogP contribution >= 0.6 is 0 Å². The second kappa shape index (κ2) is 7.60. The van der Waals surface area contributed by atoms with Gasteiger partial charge in [0.1, 0.15) is 11.6 Å². The summed E-state index contributed by atoms with van der Waals surface area (Å²) in [6.07, 6.45) is -2.33. The molecule has 2 heterocycles. The predicted octanol–water partition coefficient (Wildman–Crippen LogP) is 3.12. The Bertz CT molecular complexity index is 825. The lowest BCUT2D eigenvalue weighted by molar-refractivity contribution is -0.142. The first-order valence-corrected chi connectivity index (χ1v) is 9.67. The van der Waals surface area contributed by atoms with E-state index in [1.807, 2.05) is 0 Å². The number of halogens is 3. The monoisotopic (exact) mass is 411 g/mol. The maximum absolute atomic E-state index is 13.1. The summed E-state index contributed by atoms with van der Waals surface area (Å²) in [7, 11) is 0. The molecule has 156 valence electrons. The topological polar surface area (TPSA) is 82.6 Å². The van der Waals surface area contributed by atoms with E-state index in [0.717, 1.165) is 12.5 Å². The zero-order valence-corrected chi connectivity index (χ0v) is 15.5. The summed E-state index contributed by atoms with van der Waals surface area (Å²) < 4.78 is 50.1. The van der Waals surface area contributed by atoms with Crippen LogP contribution in [0.2, 0.25) is 0 Å². The van der Waals surface area contributed by atoms with Gasteiger partial charge in [0.2, 0.25) is 0 Å². The molecule has 3 aliphatic rings. The SMILES string of the molecule is O=C(c1ccc(C(F)(F)F)nc1COC1CCCO1)C1C(=O)C2CCC(C2)C1=O. The molecule has 6 nitrogen and oxygen atoms in total. The van der Waals surface area contributed by atoms with Crippen LogP contribution in [0.25, 0.3) is 0 Å². The van der Waals surface area contributed by atoms with E-state index < -0.39 is 41.4 Å². The quantitative estimate of drug-likeness (QED) is 0.547. The number of hydrogen-bond donors (Lipinski definition) is 0. The molecule has 29 heavy (non-hydrogen) atoms. The number of alkyl halides is 3. The Hall–Kier alpha value is -2.13. The van der Waals surface area contributed by atoms with Gasteiger partial charge in [-0.3, -0.25) is 14.4 Å². The number of carbonyl (C=O) groups is 3. The van der Waals surface area contributed by atoms with Crippen molar-refractivity contribution in [3.05, 3.63) is 29.1 Å². The first-order valence-electron chi connectivity index (χ1n) is 9.67. The van der Waals surface area contributed by atoms with Gasteiger partial charge in [0.25, 0.3) is 0 Å². The first-order chi connectivity index (χ1) is 13.8. The van der Waals surface area contributed by atoms with E-state index in [2.05, 4.69) is 4.98 Å². The lowest BCUT2D eigenvalue weighted by Gasteiger charge is -2.25. The van der Waals surface area contributed by atoms with Crippen LogP contribution in [0.1, 0.15) is 53.8 Å². The lowest BCUT2D eigenvalue weighted by atomic mass is 9.75. The van der Waals surface area contributed by atoms with Crippen molar-refractivity contribution in [1.29, 1.82) is 0 Å². The Morgan fingerprint density at radius 2 is 1.83 bits per heavy atom. The molecule has 1 aromatic heterocycles. The maximum atomic E-state index is 13.1. The molecule has 0 spiro atoms. The zero-order chi connectivity index (χ0) is 20.8. The van der Waals surface area contributed by atoms with Gasteiger partial charge in [0.15, 0.2) is 23.6 Å². The maximum Gasteiger partial charge on any atom is 0.433 e. The number of ether oxygens (including phenoxy) is 2. The van der Waals surface area contributed by atoms with Gasteiger partial charge in [0, 0.05) is 30.4 Å². The number of ketones is 3. The van der Waals surface area contributed by atoms with Crippen molar-refractivity contribution >= 4 is 17.3 Å². The number of fused-ring (bicyclic) bond motifs is 2. The van der Waals surface area contributed by atoms with Crippen LogP contribution in [0.4, 0.5) is 13.2 Å². The standard InChI is InChI=1S/C20H20F3NO5/c21-20(22,23)14-6-5-12(13(24-14)9-29-15-2-1-7-28-15)19(27)16-17(25)10-3-4-11(8-10)18(16)26/h5-6,10-11,15-16H,1-4,7-9H2. The Labute approximate surface area is 164 Å². The summed E-state index contributed by atoms with van der Waals surface area (Å²) in [5, 5.41) is 0. The van der Waals surface area contributed by atoms with E-state index >= 15 is 0 Å².